The van der Waals surface area contributed by atoms with E-state index < -0.39 is 0 Å². The Morgan fingerprint density at radius 3 is 2.76 bits per heavy atom. The largest absolute Gasteiger partial charge is 0.496 e. The molecule has 2 rings (SSSR count). The van der Waals surface area contributed by atoms with Crippen molar-refractivity contribution in [1.82, 2.24) is 10.3 Å². The molecule has 0 atom stereocenters. The van der Waals surface area contributed by atoms with Crippen molar-refractivity contribution in [3.05, 3.63) is 58.2 Å². The summed E-state index contributed by atoms with van der Waals surface area (Å²) in [6.45, 7) is 4.29. The normalized spacial score (nSPS) is 10.9. The first-order valence-electron chi connectivity index (χ1n) is 7.89. The molecule has 5 nitrogen and oxygen atoms in total. The SMILES string of the molecule is COc1ccc(Br)cc1/C=C/C(=O)NCc1ccc(OC(C)C)nc1. The van der Waals surface area contributed by atoms with E-state index in [1.807, 2.05) is 38.1 Å². The molecule has 0 fully saturated rings. The molecule has 1 aromatic heterocycles. The second-order valence-corrected chi connectivity index (χ2v) is 6.52. The highest BCUT2D eigenvalue weighted by Gasteiger charge is 2.03. The van der Waals surface area contributed by atoms with Gasteiger partial charge >= 0.3 is 0 Å². The third kappa shape index (κ3) is 6.23. The number of hydrogen-bond acceptors (Lipinski definition) is 4. The predicted molar refractivity (Wildman–Crippen MR) is 102 cm³/mol. The molecule has 0 radical (unpaired) electrons. The van der Waals surface area contributed by atoms with Gasteiger partial charge in [-0.3, -0.25) is 4.79 Å². The minimum atomic E-state index is -0.190. The summed E-state index contributed by atoms with van der Waals surface area (Å²) in [7, 11) is 1.60. The topological polar surface area (TPSA) is 60.5 Å². The van der Waals surface area contributed by atoms with Gasteiger partial charge in [0.2, 0.25) is 11.8 Å². The van der Waals surface area contributed by atoms with Crippen LogP contribution in [0.25, 0.3) is 6.08 Å². The van der Waals surface area contributed by atoms with Gasteiger partial charge in [0.15, 0.2) is 0 Å². The molecule has 0 saturated carbocycles. The van der Waals surface area contributed by atoms with Crippen molar-refractivity contribution in [1.29, 1.82) is 0 Å². The minimum absolute atomic E-state index is 0.0817. The number of aromatic nitrogens is 1. The molecule has 0 aliphatic carbocycles. The number of amides is 1. The van der Waals surface area contributed by atoms with Crippen molar-refractivity contribution in [2.24, 2.45) is 0 Å². The van der Waals surface area contributed by atoms with Gasteiger partial charge in [0.25, 0.3) is 0 Å². The molecule has 1 heterocycles. The van der Waals surface area contributed by atoms with Gasteiger partial charge in [-0.2, -0.15) is 0 Å². The average Bonchev–Trinajstić information content (AvgIpc) is 2.59. The third-order valence-corrected chi connectivity index (χ3v) is 3.72. The second-order valence-electron chi connectivity index (χ2n) is 5.61. The maximum atomic E-state index is 12.0. The van der Waals surface area contributed by atoms with Crippen LogP contribution < -0.4 is 14.8 Å². The highest BCUT2D eigenvalue weighted by Crippen LogP contribution is 2.24. The van der Waals surface area contributed by atoms with E-state index in [4.69, 9.17) is 9.47 Å². The minimum Gasteiger partial charge on any atom is -0.496 e. The zero-order chi connectivity index (χ0) is 18.2. The van der Waals surface area contributed by atoms with Crippen LogP contribution in [0.5, 0.6) is 11.6 Å². The van der Waals surface area contributed by atoms with E-state index in [2.05, 4.69) is 26.2 Å². The number of hydrogen-bond donors (Lipinski definition) is 1. The van der Waals surface area contributed by atoms with Crippen LogP contribution >= 0.6 is 15.9 Å². The van der Waals surface area contributed by atoms with E-state index >= 15 is 0 Å². The van der Waals surface area contributed by atoms with Gasteiger partial charge < -0.3 is 14.8 Å². The first-order valence-corrected chi connectivity index (χ1v) is 8.68. The summed E-state index contributed by atoms with van der Waals surface area (Å²) in [5.74, 6) is 1.09. The van der Waals surface area contributed by atoms with Gasteiger partial charge in [-0.25, -0.2) is 4.98 Å². The first-order chi connectivity index (χ1) is 12.0. The van der Waals surface area contributed by atoms with E-state index in [1.54, 1.807) is 25.4 Å². The first kappa shape index (κ1) is 19.0. The molecule has 0 aliphatic heterocycles. The summed E-state index contributed by atoms with van der Waals surface area (Å²) >= 11 is 3.41. The van der Waals surface area contributed by atoms with Gasteiger partial charge in [-0.15, -0.1) is 0 Å². The molecule has 0 bridgehead atoms. The fourth-order valence-electron chi connectivity index (χ4n) is 2.08. The number of nitrogens with zero attached hydrogens (tertiary/aromatic N) is 1. The van der Waals surface area contributed by atoms with Crippen LogP contribution in [0.3, 0.4) is 0 Å². The Morgan fingerprint density at radius 1 is 1.32 bits per heavy atom. The van der Waals surface area contributed by atoms with E-state index in [9.17, 15) is 4.79 Å². The number of nitrogens with one attached hydrogen (secondary N) is 1. The number of rotatable bonds is 7. The number of pyridine rings is 1. The molecule has 1 aromatic carbocycles. The standard InChI is InChI=1S/C19H21BrN2O3/c1-13(2)25-19-9-4-14(12-22-19)11-21-18(23)8-5-15-10-16(20)6-7-17(15)24-3/h4-10,12-13H,11H2,1-3H3,(H,21,23)/b8-5+. The van der Waals surface area contributed by atoms with Gasteiger partial charge in [0.1, 0.15) is 5.75 Å². The number of halogens is 1. The Hall–Kier alpha value is -2.34. The predicted octanol–water partition coefficient (Wildman–Crippen LogP) is 3.97. The molecule has 132 valence electrons. The summed E-state index contributed by atoms with van der Waals surface area (Å²) < 4.78 is 11.7. The molecule has 1 amide bonds. The molecule has 25 heavy (non-hydrogen) atoms. The molecule has 6 heteroatoms. The third-order valence-electron chi connectivity index (χ3n) is 3.23. The zero-order valence-corrected chi connectivity index (χ0v) is 16.0. The van der Waals surface area contributed by atoms with Crippen molar-refractivity contribution in [3.8, 4) is 11.6 Å². The molecule has 0 aliphatic rings. The number of methoxy groups -OCH3 is 1. The summed E-state index contributed by atoms with van der Waals surface area (Å²) in [5, 5.41) is 2.82. The molecule has 1 N–H and O–H groups in total. The second kappa shape index (κ2) is 9.22. The molecule has 0 spiro atoms. The van der Waals surface area contributed by atoms with E-state index in [1.165, 1.54) is 6.08 Å². The molecular formula is C19H21BrN2O3. The fraction of sp³-hybridized carbons (Fsp3) is 0.263. The van der Waals surface area contributed by atoms with Crippen LogP contribution in [-0.4, -0.2) is 24.1 Å². The van der Waals surface area contributed by atoms with Crippen molar-refractivity contribution in [3.63, 3.8) is 0 Å². The maximum absolute atomic E-state index is 12.0. The van der Waals surface area contributed by atoms with E-state index in [0.29, 0.717) is 18.2 Å². The Kier molecular flexibility index (Phi) is 7.01. The number of carbonyl (C=O) groups excluding carboxylic acids is 1. The number of carbonyl (C=O) groups is 1. The maximum Gasteiger partial charge on any atom is 0.244 e. The van der Waals surface area contributed by atoms with Crippen molar-refractivity contribution in [2.45, 2.75) is 26.5 Å². The molecular weight excluding hydrogens is 384 g/mol. The van der Waals surface area contributed by atoms with Gasteiger partial charge in [0.05, 0.1) is 13.2 Å². The lowest BCUT2D eigenvalue weighted by Crippen LogP contribution is -2.20. The summed E-state index contributed by atoms with van der Waals surface area (Å²) in [4.78, 5) is 16.2. The van der Waals surface area contributed by atoms with Crippen molar-refractivity contribution in [2.75, 3.05) is 7.11 Å². The van der Waals surface area contributed by atoms with Crippen LogP contribution in [-0.2, 0) is 11.3 Å². The Balaban J connectivity index is 1.91. The molecule has 0 saturated heterocycles. The summed E-state index contributed by atoms with van der Waals surface area (Å²) in [5.41, 5.74) is 1.72. The van der Waals surface area contributed by atoms with E-state index in [-0.39, 0.29) is 12.0 Å². The van der Waals surface area contributed by atoms with Crippen molar-refractivity contribution >= 4 is 27.9 Å². The lowest BCUT2D eigenvalue weighted by atomic mass is 10.2. The van der Waals surface area contributed by atoms with Crippen LogP contribution in [0.15, 0.2) is 47.1 Å². The van der Waals surface area contributed by atoms with Crippen LogP contribution in [0.4, 0.5) is 0 Å². The highest BCUT2D eigenvalue weighted by atomic mass is 79.9. The number of ether oxygens (including phenoxy) is 2. The monoisotopic (exact) mass is 404 g/mol. The fourth-order valence-corrected chi connectivity index (χ4v) is 2.45. The lowest BCUT2D eigenvalue weighted by Gasteiger charge is -2.09. The van der Waals surface area contributed by atoms with Gasteiger partial charge in [0, 0.05) is 34.9 Å². The van der Waals surface area contributed by atoms with Gasteiger partial charge in [-0.1, -0.05) is 22.0 Å². The van der Waals surface area contributed by atoms with E-state index in [0.717, 1.165) is 15.6 Å². The smallest absolute Gasteiger partial charge is 0.244 e. The van der Waals surface area contributed by atoms with Crippen LogP contribution in [0, 0.1) is 0 Å². The Morgan fingerprint density at radius 2 is 2.12 bits per heavy atom. The average molecular weight is 405 g/mol. The summed E-state index contributed by atoms with van der Waals surface area (Å²) in [6.07, 6.45) is 4.97. The van der Waals surface area contributed by atoms with Crippen LogP contribution in [0.2, 0.25) is 0 Å². The number of benzene rings is 1. The Bertz CT molecular complexity index is 743. The van der Waals surface area contributed by atoms with Gasteiger partial charge in [-0.05, 0) is 43.7 Å². The lowest BCUT2D eigenvalue weighted by molar-refractivity contribution is -0.116. The van der Waals surface area contributed by atoms with Crippen LogP contribution in [0.1, 0.15) is 25.0 Å². The Labute approximate surface area is 156 Å². The summed E-state index contributed by atoms with van der Waals surface area (Å²) in [6, 6.07) is 9.29. The molecule has 2 aromatic rings. The highest BCUT2D eigenvalue weighted by molar-refractivity contribution is 9.10. The molecule has 0 unspecified atom stereocenters. The zero-order valence-electron chi connectivity index (χ0n) is 14.5. The van der Waals surface area contributed by atoms with Crippen molar-refractivity contribution < 1.29 is 14.3 Å². The quantitative estimate of drug-likeness (QED) is 0.709.